The van der Waals surface area contributed by atoms with Gasteiger partial charge >= 0.3 is 5.97 Å². The first-order valence-corrected chi connectivity index (χ1v) is 7.88. The van der Waals surface area contributed by atoms with Gasteiger partial charge in [0.05, 0.1) is 48.0 Å². The van der Waals surface area contributed by atoms with Crippen LogP contribution in [0.3, 0.4) is 0 Å². The summed E-state index contributed by atoms with van der Waals surface area (Å²) in [6.45, 7) is 1.42. The van der Waals surface area contributed by atoms with Crippen molar-refractivity contribution in [3.8, 4) is 17.1 Å². The van der Waals surface area contributed by atoms with Crippen molar-refractivity contribution in [1.82, 2.24) is 24.7 Å². The highest BCUT2D eigenvalue weighted by Gasteiger charge is 2.21. The van der Waals surface area contributed by atoms with Gasteiger partial charge in [-0.05, 0) is 13.0 Å². The molecule has 0 saturated carbocycles. The van der Waals surface area contributed by atoms with Crippen LogP contribution in [-0.4, -0.2) is 35.8 Å². The Kier molecular flexibility index (Phi) is 5.06. The van der Waals surface area contributed by atoms with Crippen molar-refractivity contribution in [2.45, 2.75) is 19.4 Å². The molecule has 27 heavy (non-hydrogen) atoms. The lowest BCUT2D eigenvalue weighted by Gasteiger charge is -2.14. The molecule has 0 aromatic carbocycles. The summed E-state index contributed by atoms with van der Waals surface area (Å²) in [7, 11) is 1.63. The highest BCUT2D eigenvalue weighted by Crippen LogP contribution is 2.24. The van der Waals surface area contributed by atoms with Gasteiger partial charge in [-0.2, -0.15) is 9.49 Å². The Morgan fingerprint density at radius 2 is 1.93 bits per heavy atom. The molecule has 3 heterocycles. The molecule has 0 amide bonds. The van der Waals surface area contributed by atoms with Gasteiger partial charge in [0.2, 0.25) is 5.95 Å². The number of aromatic hydroxyl groups is 1. The maximum Gasteiger partial charge on any atom is 0.312 e. The molecule has 0 aliphatic heterocycles. The number of nitrogens with zero attached hydrogens (tertiary/aromatic N) is 5. The van der Waals surface area contributed by atoms with Crippen LogP contribution in [-0.2, 0) is 23.0 Å². The Hall–Kier alpha value is -3.43. The molecule has 0 fully saturated rings. The number of esters is 1. The predicted molar refractivity (Wildman–Crippen MR) is 88.3 cm³/mol. The van der Waals surface area contributed by atoms with E-state index < -0.39 is 23.8 Å². The normalized spacial score (nSPS) is 12.0. The first-order chi connectivity index (χ1) is 12.8. The monoisotopic (exact) mass is 375 g/mol. The fraction of sp³-hybridized carbons (Fsp3) is 0.235. The number of hydrogen-bond acceptors (Lipinski definition) is 7. The van der Waals surface area contributed by atoms with E-state index in [0.717, 1.165) is 12.3 Å². The molecule has 1 N–H and O–H groups in total. The lowest BCUT2D eigenvalue weighted by molar-refractivity contribution is -0.148. The molecule has 10 heteroatoms. The van der Waals surface area contributed by atoms with Crippen LogP contribution in [0.1, 0.15) is 24.3 Å². The van der Waals surface area contributed by atoms with Crippen LogP contribution >= 0.6 is 0 Å². The van der Waals surface area contributed by atoms with E-state index in [2.05, 4.69) is 20.1 Å². The quantitative estimate of drug-likeness (QED) is 0.538. The highest BCUT2D eigenvalue weighted by atomic mass is 19.1. The fourth-order valence-electron chi connectivity index (χ4n) is 2.48. The summed E-state index contributed by atoms with van der Waals surface area (Å²) in [4.78, 5) is 23.6. The zero-order chi connectivity index (χ0) is 19.6. The second-order valence-electron chi connectivity index (χ2n) is 5.74. The molecule has 8 nitrogen and oxygen atoms in total. The number of hydrogen-bond donors (Lipinski definition) is 1. The zero-order valence-electron chi connectivity index (χ0n) is 14.4. The van der Waals surface area contributed by atoms with Crippen molar-refractivity contribution in [2.24, 2.45) is 7.05 Å². The van der Waals surface area contributed by atoms with Crippen LogP contribution in [0.25, 0.3) is 11.4 Å². The van der Waals surface area contributed by atoms with Gasteiger partial charge in [-0.1, -0.05) is 0 Å². The highest BCUT2D eigenvalue weighted by molar-refractivity contribution is 5.75. The Morgan fingerprint density at radius 3 is 2.63 bits per heavy atom. The molecule has 0 radical (unpaired) electrons. The van der Waals surface area contributed by atoms with Crippen molar-refractivity contribution < 1.29 is 23.4 Å². The summed E-state index contributed by atoms with van der Waals surface area (Å²) in [5, 5.41) is 13.4. The summed E-state index contributed by atoms with van der Waals surface area (Å²) < 4.78 is 33.6. The molecule has 1 atom stereocenters. The number of halogens is 2. The van der Waals surface area contributed by atoms with Gasteiger partial charge in [0.25, 0.3) is 0 Å². The summed E-state index contributed by atoms with van der Waals surface area (Å²) in [6.07, 6.45) is 3.45. The molecule has 0 aliphatic rings. The molecule has 0 aliphatic carbocycles. The third-order valence-corrected chi connectivity index (χ3v) is 3.83. The standard InChI is InChI=1S/C17H15F2N5O3/c1-9(12-3-10(18)5-20-16(12)19)27-15(26)4-14-13(8-23-24(14)2)17-21-6-11(25)7-22-17/h3,5-9,25H,4H2,1-2H3/t9-/m1/s1. The van der Waals surface area contributed by atoms with Gasteiger partial charge in [0.15, 0.2) is 11.6 Å². The van der Waals surface area contributed by atoms with E-state index in [1.807, 2.05) is 0 Å². The molecule has 3 aromatic rings. The van der Waals surface area contributed by atoms with Crippen molar-refractivity contribution >= 4 is 5.97 Å². The molecule has 0 unspecified atom stereocenters. The van der Waals surface area contributed by atoms with Gasteiger partial charge in [-0.3, -0.25) is 9.48 Å². The summed E-state index contributed by atoms with van der Waals surface area (Å²) >= 11 is 0. The molecular formula is C17H15F2N5O3. The van der Waals surface area contributed by atoms with Gasteiger partial charge in [-0.15, -0.1) is 0 Å². The Labute approximate surface area is 152 Å². The minimum Gasteiger partial charge on any atom is -0.505 e. The molecule has 0 bridgehead atoms. The second-order valence-corrected chi connectivity index (χ2v) is 5.74. The Morgan fingerprint density at radius 1 is 1.22 bits per heavy atom. The van der Waals surface area contributed by atoms with Crippen molar-refractivity contribution in [3.63, 3.8) is 0 Å². The van der Waals surface area contributed by atoms with E-state index in [1.54, 1.807) is 7.05 Å². The molecule has 0 saturated heterocycles. The minimum atomic E-state index is -1.03. The maximum atomic E-state index is 13.7. The van der Waals surface area contributed by atoms with Gasteiger partial charge in [-0.25, -0.2) is 19.3 Å². The zero-order valence-corrected chi connectivity index (χ0v) is 14.4. The maximum absolute atomic E-state index is 13.7. The van der Waals surface area contributed by atoms with Crippen molar-refractivity contribution in [3.05, 3.63) is 53.9 Å². The number of carbonyl (C=O) groups excluding carboxylic acids is 1. The minimum absolute atomic E-state index is 0.0943. The van der Waals surface area contributed by atoms with Gasteiger partial charge in [0.1, 0.15) is 11.9 Å². The SMILES string of the molecule is C[C@@H](OC(=O)Cc1c(-c2ncc(O)cn2)cnn1C)c1cc(F)cnc1F. The molecular weight excluding hydrogens is 360 g/mol. The van der Waals surface area contributed by atoms with Crippen molar-refractivity contribution in [1.29, 1.82) is 0 Å². The Balaban J connectivity index is 1.77. The molecule has 3 aromatic heterocycles. The lowest BCUT2D eigenvalue weighted by atomic mass is 10.1. The average Bonchev–Trinajstić information content (AvgIpc) is 2.98. The molecule has 3 rings (SSSR count). The smallest absolute Gasteiger partial charge is 0.312 e. The average molecular weight is 375 g/mol. The largest absolute Gasteiger partial charge is 0.505 e. The van der Waals surface area contributed by atoms with E-state index in [0.29, 0.717) is 11.3 Å². The number of aromatic nitrogens is 5. The van der Waals surface area contributed by atoms with Crippen LogP contribution < -0.4 is 0 Å². The number of rotatable bonds is 5. The van der Waals surface area contributed by atoms with E-state index in [9.17, 15) is 18.7 Å². The van der Waals surface area contributed by atoms with E-state index in [4.69, 9.17) is 4.74 Å². The number of carbonyl (C=O) groups is 1. The van der Waals surface area contributed by atoms with Crippen LogP contribution in [0.5, 0.6) is 5.75 Å². The third kappa shape index (κ3) is 4.05. The third-order valence-electron chi connectivity index (χ3n) is 3.83. The van der Waals surface area contributed by atoms with Crippen LogP contribution in [0.4, 0.5) is 8.78 Å². The first kappa shape index (κ1) is 18.4. The van der Waals surface area contributed by atoms with E-state index >= 15 is 0 Å². The molecule has 0 spiro atoms. The van der Waals surface area contributed by atoms with Gasteiger partial charge in [0, 0.05) is 7.05 Å². The topological polar surface area (TPSA) is 103 Å². The van der Waals surface area contributed by atoms with Crippen LogP contribution in [0, 0.1) is 11.8 Å². The number of pyridine rings is 1. The summed E-state index contributed by atoms with van der Waals surface area (Å²) in [5.41, 5.74) is 0.798. The number of aryl methyl sites for hydroxylation is 1. The fourth-order valence-corrected chi connectivity index (χ4v) is 2.48. The van der Waals surface area contributed by atoms with Crippen LogP contribution in [0.15, 0.2) is 30.9 Å². The first-order valence-electron chi connectivity index (χ1n) is 7.88. The Bertz CT molecular complexity index is 975. The summed E-state index contributed by atoms with van der Waals surface area (Å²) in [5.74, 6) is -2.13. The van der Waals surface area contributed by atoms with Gasteiger partial charge < -0.3 is 9.84 Å². The lowest BCUT2D eigenvalue weighted by Crippen LogP contribution is -2.15. The second kappa shape index (κ2) is 7.44. The number of ether oxygens (including phenoxy) is 1. The van der Waals surface area contributed by atoms with Crippen molar-refractivity contribution in [2.75, 3.05) is 0 Å². The van der Waals surface area contributed by atoms with E-state index in [1.165, 1.54) is 30.2 Å². The van der Waals surface area contributed by atoms with Crippen LogP contribution in [0.2, 0.25) is 0 Å². The predicted octanol–water partition coefficient (Wildman–Crippen LogP) is 2.10. The van der Waals surface area contributed by atoms with E-state index in [-0.39, 0.29) is 23.6 Å². The summed E-state index contributed by atoms with van der Waals surface area (Å²) in [6, 6.07) is 0.931. The molecule has 140 valence electrons.